The van der Waals surface area contributed by atoms with E-state index in [2.05, 4.69) is 66.6 Å². The third-order valence-electron chi connectivity index (χ3n) is 3.61. The van der Waals surface area contributed by atoms with Gasteiger partial charge < -0.3 is 5.32 Å². The van der Waals surface area contributed by atoms with Gasteiger partial charge in [0.15, 0.2) is 0 Å². The van der Waals surface area contributed by atoms with Gasteiger partial charge in [-0.3, -0.25) is 4.98 Å². The molecule has 0 radical (unpaired) electrons. The van der Waals surface area contributed by atoms with Crippen molar-refractivity contribution in [2.75, 3.05) is 0 Å². The highest BCUT2D eigenvalue weighted by molar-refractivity contribution is 5.30. The molecule has 0 bridgehead atoms. The van der Waals surface area contributed by atoms with E-state index in [0.29, 0.717) is 6.04 Å². The lowest BCUT2D eigenvalue weighted by Gasteiger charge is -2.24. The van der Waals surface area contributed by atoms with Gasteiger partial charge in [-0.1, -0.05) is 50.1 Å². The molecule has 2 rings (SSSR count). The first-order valence-electron chi connectivity index (χ1n) is 7.52. The third-order valence-corrected chi connectivity index (χ3v) is 3.61. The van der Waals surface area contributed by atoms with Gasteiger partial charge >= 0.3 is 0 Å². The van der Waals surface area contributed by atoms with Crippen molar-refractivity contribution in [1.82, 2.24) is 10.3 Å². The van der Waals surface area contributed by atoms with Crippen LogP contribution < -0.4 is 5.32 Å². The second-order valence-electron chi connectivity index (χ2n) is 5.33. The minimum absolute atomic E-state index is 0.242. The zero-order chi connectivity index (χ0) is 14.2. The largest absolute Gasteiger partial charge is 0.304 e. The van der Waals surface area contributed by atoms with Crippen LogP contribution in [0.3, 0.4) is 0 Å². The Bertz CT molecular complexity index is 442. The minimum Gasteiger partial charge on any atom is -0.304 e. The lowest BCUT2D eigenvalue weighted by Crippen LogP contribution is -2.31. The summed E-state index contributed by atoms with van der Waals surface area (Å²) >= 11 is 0. The van der Waals surface area contributed by atoms with Gasteiger partial charge in [0, 0.05) is 18.4 Å². The van der Waals surface area contributed by atoms with Crippen LogP contribution >= 0.6 is 0 Å². The maximum atomic E-state index is 4.12. The number of hydrogen-bond donors (Lipinski definition) is 1. The maximum absolute atomic E-state index is 4.12. The summed E-state index contributed by atoms with van der Waals surface area (Å²) < 4.78 is 0. The summed E-state index contributed by atoms with van der Waals surface area (Å²) in [5.74, 6) is 0. The van der Waals surface area contributed by atoms with Crippen molar-refractivity contribution in [2.45, 2.75) is 45.2 Å². The molecule has 1 N–H and O–H groups in total. The van der Waals surface area contributed by atoms with Crippen molar-refractivity contribution >= 4 is 0 Å². The number of unbranched alkanes of at least 4 members (excludes halogenated alkanes) is 1. The van der Waals surface area contributed by atoms with Gasteiger partial charge in [0.1, 0.15) is 0 Å². The molecule has 2 heteroatoms. The number of benzene rings is 1. The molecule has 0 saturated carbocycles. The van der Waals surface area contributed by atoms with Crippen molar-refractivity contribution < 1.29 is 0 Å². The van der Waals surface area contributed by atoms with Gasteiger partial charge in [0.25, 0.3) is 0 Å². The molecule has 0 spiro atoms. The van der Waals surface area contributed by atoms with E-state index in [1.807, 2.05) is 12.4 Å². The zero-order valence-corrected chi connectivity index (χ0v) is 12.4. The van der Waals surface area contributed by atoms with Crippen LogP contribution in [0, 0.1) is 0 Å². The van der Waals surface area contributed by atoms with Crippen molar-refractivity contribution in [3.8, 4) is 0 Å². The third kappa shape index (κ3) is 4.17. The van der Waals surface area contributed by atoms with Crippen LogP contribution in [-0.2, 0) is 0 Å². The Balaban J connectivity index is 2.17. The first-order chi connectivity index (χ1) is 9.81. The molecule has 0 saturated heterocycles. The number of pyridine rings is 1. The van der Waals surface area contributed by atoms with Gasteiger partial charge in [-0.05, 0) is 36.6 Å². The van der Waals surface area contributed by atoms with Gasteiger partial charge in [-0.15, -0.1) is 0 Å². The van der Waals surface area contributed by atoms with Crippen LogP contribution in [0.4, 0.5) is 0 Å². The number of rotatable bonds is 7. The Morgan fingerprint density at radius 3 is 2.30 bits per heavy atom. The molecular weight excluding hydrogens is 244 g/mol. The predicted molar refractivity (Wildman–Crippen MR) is 84.6 cm³/mol. The second kappa shape index (κ2) is 7.81. The molecule has 106 valence electrons. The highest BCUT2D eigenvalue weighted by atomic mass is 14.9. The molecule has 2 aromatic rings. The summed E-state index contributed by atoms with van der Waals surface area (Å²) in [5.41, 5.74) is 2.58. The quantitative estimate of drug-likeness (QED) is 0.808. The number of hydrogen-bond acceptors (Lipinski definition) is 2. The van der Waals surface area contributed by atoms with Crippen LogP contribution in [0.5, 0.6) is 0 Å². The van der Waals surface area contributed by atoms with Crippen molar-refractivity contribution in [1.29, 1.82) is 0 Å². The lowest BCUT2D eigenvalue weighted by molar-refractivity contribution is 0.459. The van der Waals surface area contributed by atoms with Crippen LogP contribution in [0.25, 0.3) is 0 Å². The molecule has 0 amide bonds. The monoisotopic (exact) mass is 268 g/mol. The van der Waals surface area contributed by atoms with E-state index in [9.17, 15) is 0 Å². The molecule has 2 nitrogen and oxygen atoms in total. The smallest absolute Gasteiger partial charge is 0.0579 e. The average molecular weight is 268 g/mol. The maximum Gasteiger partial charge on any atom is 0.0579 e. The van der Waals surface area contributed by atoms with E-state index in [-0.39, 0.29) is 6.04 Å². The molecule has 0 aliphatic rings. The standard InChI is InChI=1S/C18H24N2/c1-3-4-8-15(2)20-18(16-9-6-5-7-10-16)17-11-13-19-14-12-17/h5-7,9-15,18,20H,3-4,8H2,1-2H3. The Labute approximate surface area is 122 Å². The first kappa shape index (κ1) is 14.7. The SMILES string of the molecule is CCCCC(C)NC(c1ccccc1)c1ccncc1. The number of nitrogens with one attached hydrogen (secondary N) is 1. The molecule has 20 heavy (non-hydrogen) atoms. The van der Waals surface area contributed by atoms with Crippen LogP contribution in [0.1, 0.15) is 50.3 Å². The fourth-order valence-corrected chi connectivity index (χ4v) is 2.46. The minimum atomic E-state index is 0.242. The molecule has 2 atom stereocenters. The van der Waals surface area contributed by atoms with Gasteiger partial charge in [-0.2, -0.15) is 0 Å². The highest BCUT2D eigenvalue weighted by Gasteiger charge is 2.15. The van der Waals surface area contributed by atoms with E-state index >= 15 is 0 Å². The normalized spacial score (nSPS) is 13.9. The molecule has 0 aliphatic heterocycles. The lowest BCUT2D eigenvalue weighted by atomic mass is 9.98. The summed E-state index contributed by atoms with van der Waals surface area (Å²) in [6, 6.07) is 15.6. The fraction of sp³-hybridized carbons (Fsp3) is 0.389. The van der Waals surface area contributed by atoms with E-state index < -0.39 is 0 Å². The Morgan fingerprint density at radius 1 is 1.00 bits per heavy atom. The second-order valence-corrected chi connectivity index (χ2v) is 5.33. The van der Waals surface area contributed by atoms with Gasteiger partial charge in [0.05, 0.1) is 6.04 Å². The van der Waals surface area contributed by atoms with Crippen LogP contribution in [0.15, 0.2) is 54.9 Å². The van der Waals surface area contributed by atoms with Gasteiger partial charge in [-0.25, -0.2) is 0 Å². The van der Waals surface area contributed by atoms with E-state index in [4.69, 9.17) is 0 Å². The van der Waals surface area contributed by atoms with Crippen molar-refractivity contribution in [2.24, 2.45) is 0 Å². The first-order valence-corrected chi connectivity index (χ1v) is 7.52. The zero-order valence-electron chi connectivity index (χ0n) is 12.4. The van der Waals surface area contributed by atoms with Crippen molar-refractivity contribution in [3.05, 3.63) is 66.0 Å². The Kier molecular flexibility index (Phi) is 5.75. The molecule has 2 unspecified atom stereocenters. The summed E-state index contributed by atoms with van der Waals surface area (Å²) in [7, 11) is 0. The summed E-state index contributed by atoms with van der Waals surface area (Å²) in [4.78, 5) is 4.12. The van der Waals surface area contributed by atoms with E-state index in [1.54, 1.807) is 0 Å². The van der Waals surface area contributed by atoms with E-state index in [1.165, 1.54) is 30.4 Å². The van der Waals surface area contributed by atoms with Crippen LogP contribution in [-0.4, -0.2) is 11.0 Å². The summed E-state index contributed by atoms with van der Waals surface area (Å²) in [5, 5.41) is 3.76. The summed E-state index contributed by atoms with van der Waals surface area (Å²) in [6.07, 6.45) is 7.46. The topological polar surface area (TPSA) is 24.9 Å². The van der Waals surface area contributed by atoms with Crippen molar-refractivity contribution in [3.63, 3.8) is 0 Å². The fourth-order valence-electron chi connectivity index (χ4n) is 2.46. The average Bonchev–Trinajstić information content (AvgIpc) is 2.52. The van der Waals surface area contributed by atoms with Crippen LogP contribution in [0.2, 0.25) is 0 Å². The number of nitrogens with zero attached hydrogens (tertiary/aromatic N) is 1. The Morgan fingerprint density at radius 2 is 1.65 bits per heavy atom. The molecule has 0 fully saturated rings. The van der Waals surface area contributed by atoms with E-state index in [0.717, 1.165) is 0 Å². The summed E-state index contributed by atoms with van der Waals surface area (Å²) in [6.45, 7) is 4.51. The van der Waals surface area contributed by atoms with Gasteiger partial charge in [0.2, 0.25) is 0 Å². The molecule has 1 heterocycles. The highest BCUT2D eigenvalue weighted by Crippen LogP contribution is 2.22. The molecule has 1 aromatic carbocycles. The molecule has 1 aromatic heterocycles. The predicted octanol–water partition coefficient (Wildman–Crippen LogP) is 4.34. The molecule has 0 aliphatic carbocycles. The Hall–Kier alpha value is -1.67. The molecular formula is C18H24N2. The number of aromatic nitrogens is 1.